The molecule has 1 atom stereocenters. The third-order valence-corrected chi connectivity index (χ3v) is 3.19. The molecule has 0 fully saturated rings. The molecule has 0 spiro atoms. The van der Waals surface area contributed by atoms with Crippen LogP contribution in [0.4, 0.5) is 0 Å². The normalized spacial score (nSPS) is 12.1. The molecule has 0 saturated carbocycles. The highest BCUT2D eigenvalue weighted by Crippen LogP contribution is 2.05. The molecule has 15 heavy (non-hydrogen) atoms. The molecule has 0 unspecified atom stereocenters. The van der Waals surface area contributed by atoms with E-state index < -0.39 is 10.8 Å². The molecule has 0 aliphatic carbocycles. The van der Waals surface area contributed by atoms with Crippen LogP contribution in [0, 0.1) is 0 Å². The lowest BCUT2D eigenvalue weighted by molar-refractivity contribution is -0.165. The molecule has 1 amide bonds. The van der Waals surface area contributed by atoms with Gasteiger partial charge in [0.25, 0.3) is 5.91 Å². The molecule has 1 aromatic rings. The lowest BCUT2D eigenvalue weighted by Crippen LogP contribution is -2.29. The van der Waals surface area contributed by atoms with Crippen LogP contribution >= 0.6 is 0 Å². The standard InChI is InChI=1S/C10H13NO3S/c1-11(14-2)10(12)8-15(13)9-6-4-3-5-7-9/h3-7H,8H2,1-2H3/t15-/m1/s1. The highest BCUT2D eigenvalue weighted by molar-refractivity contribution is 7.85. The molecule has 0 heterocycles. The van der Waals surface area contributed by atoms with Gasteiger partial charge in [0.2, 0.25) is 0 Å². The summed E-state index contributed by atoms with van der Waals surface area (Å²) in [7, 11) is 1.58. The van der Waals surface area contributed by atoms with Gasteiger partial charge in [-0.2, -0.15) is 0 Å². The molecule has 0 radical (unpaired) electrons. The van der Waals surface area contributed by atoms with E-state index in [0.29, 0.717) is 4.90 Å². The molecule has 1 rings (SSSR count). The molecular weight excluding hydrogens is 214 g/mol. The van der Waals surface area contributed by atoms with Crippen molar-refractivity contribution in [3.8, 4) is 0 Å². The fourth-order valence-corrected chi connectivity index (χ4v) is 1.99. The van der Waals surface area contributed by atoms with Crippen molar-refractivity contribution in [3.05, 3.63) is 30.3 Å². The second-order valence-corrected chi connectivity index (χ2v) is 4.33. The van der Waals surface area contributed by atoms with Crippen LogP contribution < -0.4 is 0 Å². The molecule has 0 aliphatic rings. The zero-order chi connectivity index (χ0) is 11.3. The van der Waals surface area contributed by atoms with Crippen LogP contribution in [0.5, 0.6) is 0 Å². The van der Waals surface area contributed by atoms with E-state index in [-0.39, 0.29) is 11.7 Å². The van der Waals surface area contributed by atoms with Gasteiger partial charge in [0.1, 0.15) is 5.75 Å². The largest absolute Gasteiger partial charge is 0.275 e. The third-order valence-electron chi connectivity index (χ3n) is 1.89. The minimum atomic E-state index is -1.31. The first-order valence-corrected chi connectivity index (χ1v) is 5.71. The number of nitrogens with zero attached hydrogens (tertiary/aromatic N) is 1. The SMILES string of the molecule is CON(C)C(=O)C[S@@](=O)c1ccccc1. The van der Waals surface area contributed by atoms with Gasteiger partial charge in [-0.15, -0.1) is 0 Å². The maximum Gasteiger partial charge on any atom is 0.258 e. The van der Waals surface area contributed by atoms with Gasteiger partial charge in [0.15, 0.2) is 0 Å². The van der Waals surface area contributed by atoms with Crippen molar-refractivity contribution in [2.24, 2.45) is 0 Å². The van der Waals surface area contributed by atoms with Gasteiger partial charge in [-0.25, -0.2) is 5.06 Å². The number of carbonyl (C=O) groups excluding carboxylic acids is 1. The monoisotopic (exact) mass is 227 g/mol. The van der Waals surface area contributed by atoms with Crippen molar-refractivity contribution in [1.29, 1.82) is 0 Å². The Bertz CT molecular complexity index is 353. The Kier molecular flexibility index (Phi) is 4.45. The minimum absolute atomic E-state index is 0.0612. The van der Waals surface area contributed by atoms with Gasteiger partial charge in [0.05, 0.1) is 17.9 Å². The fourth-order valence-electron chi connectivity index (χ4n) is 0.960. The van der Waals surface area contributed by atoms with Crippen molar-refractivity contribution in [1.82, 2.24) is 5.06 Å². The molecule has 0 bridgehead atoms. The van der Waals surface area contributed by atoms with E-state index in [2.05, 4.69) is 0 Å². The van der Waals surface area contributed by atoms with Crippen LogP contribution in [0.2, 0.25) is 0 Å². The van der Waals surface area contributed by atoms with Gasteiger partial charge in [0, 0.05) is 11.9 Å². The van der Waals surface area contributed by atoms with Crippen LogP contribution in [0.1, 0.15) is 0 Å². The highest BCUT2D eigenvalue weighted by atomic mass is 32.2. The summed E-state index contributed by atoms with van der Waals surface area (Å²) < 4.78 is 11.7. The Balaban J connectivity index is 2.61. The smallest absolute Gasteiger partial charge is 0.258 e. The second-order valence-electron chi connectivity index (χ2n) is 2.88. The zero-order valence-corrected chi connectivity index (χ0v) is 9.49. The molecule has 5 heteroatoms. The average Bonchev–Trinajstić information content (AvgIpc) is 2.29. The lowest BCUT2D eigenvalue weighted by atomic mass is 10.4. The number of rotatable bonds is 4. The van der Waals surface area contributed by atoms with Crippen molar-refractivity contribution >= 4 is 16.7 Å². The van der Waals surface area contributed by atoms with E-state index in [1.807, 2.05) is 6.07 Å². The number of amides is 1. The number of hydroxylamine groups is 2. The number of hydrogen-bond acceptors (Lipinski definition) is 3. The summed E-state index contributed by atoms with van der Waals surface area (Å²) in [6.07, 6.45) is 0. The summed E-state index contributed by atoms with van der Waals surface area (Å²) in [5, 5.41) is 1.07. The van der Waals surface area contributed by atoms with Crippen molar-refractivity contribution in [2.45, 2.75) is 4.90 Å². The van der Waals surface area contributed by atoms with Crippen LogP contribution in [0.15, 0.2) is 35.2 Å². The first kappa shape index (κ1) is 11.9. The van der Waals surface area contributed by atoms with E-state index in [0.717, 1.165) is 5.06 Å². The first-order chi connectivity index (χ1) is 7.15. The summed E-state index contributed by atoms with van der Waals surface area (Å²) in [4.78, 5) is 16.7. The van der Waals surface area contributed by atoms with Gasteiger partial charge in [-0.1, -0.05) is 18.2 Å². The van der Waals surface area contributed by atoms with Crippen LogP contribution in [-0.2, 0) is 20.4 Å². The topological polar surface area (TPSA) is 46.6 Å². The Hall–Kier alpha value is -1.20. The van der Waals surface area contributed by atoms with Gasteiger partial charge in [-0.05, 0) is 12.1 Å². The number of hydrogen-bond donors (Lipinski definition) is 0. The first-order valence-electron chi connectivity index (χ1n) is 4.39. The Morgan fingerprint density at radius 3 is 2.53 bits per heavy atom. The molecular formula is C10H13NO3S. The van der Waals surface area contributed by atoms with Crippen molar-refractivity contribution in [3.63, 3.8) is 0 Å². The van der Waals surface area contributed by atoms with Gasteiger partial charge >= 0.3 is 0 Å². The van der Waals surface area contributed by atoms with E-state index in [4.69, 9.17) is 4.84 Å². The zero-order valence-electron chi connectivity index (χ0n) is 8.67. The molecule has 0 aromatic heterocycles. The van der Waals surface area contributed by atoms with E-state index in [1.54, 1.807) is 24.3 Å². The van der Waals surface area contributed by atoms with Crippen LogP contribution in [-0.4, -0.2) is 35.1 Å². The van der Waals surface area contributed by atoms with Crippen LogP contribution in [0.25, 0.3) is 0 Å². The van der Waals surface area contributed by atoms with E-state index in [9.17, 15) is 9.00 Å². The van der Waals surface area contributed by atoms with Crippen LogP contribution in [0.3, 0.4) is 0 Å². The van der Waals surface area contributed by atoms with E-state index in [1.165, 1.54) is 14.2 Å². The molecule has 0 aliphatic heterocycles. The molecule has 0 N–H and O–H groups in total. The fraction of sp³-hybridized carbons (Fsp3) is 0.300. The maximum atomic E-state index is 11.7. The number of carbonyl (C=O) groups is 1. The average molecular weight is 227 g/mol. The minimum Gasteiger partial charge on any atom is -0.275 e. The summed E-state index contributed by atoms with van der Waals surface area (Å²) in [5.41, 5.74) is 0. The molecule has 0 saturated heterocycles. The quantitative estimate of drug-likeness (QED) is 0.715. The maximum absolute atomic E-state index is 11.7. The highest BCUT2D eigenvalue weighted by Gasteiger charge is 2.13. The lowest BCUT2D eigenvalue weighted by Gasteiger charge is -2.12. The second kappa shape index (κ2) is 5.63. The predicted molar refractivity (Wildman–Crippen MR) is 57.5 cm³/mol. The summed E-state index contributed by atoms with van der Waals surface area (Å²) in [6.45, 7) is 0. The third kappa shape index (κ3) is 3.45. The summed E-state index contributed by atoms with van der Waals surface area (Å²) in [5.74, 6) is -0.367. The Morgan fingerprint density at radius 2 is 2.00 bits per heavy atom. The number of benzene rings is 1. The van der Waals surface area contributed by atoms with Crippen molar-refractivity contribution < 1.29 is 13.8 Å². The predicted octanol–water partition coefficient (Wildman–Crippen LogP) is 0.814. The molecule has 82 valence electrons. The van der Waals surface area contributed by atoms with Gasteiger partial charge in [-0.3, -0.25) is 13.8 Å². The van der Waals surface area contributed by atoms with Crippen molar-refractivity contribution in [2.75, 3.05) is 19.9 Å². The Morgan fingerprint density at radius 1 is 1.40 bits per heavy atom. The summed E-state index contributed by atoms with van der Waals surface area (Å²) in [6, 6.07) is 8.88. The Labute approximate surface area is 91.3 Å². The van der Waals surface area contributed by atoms with E-state index >= 15 is 0 Å². The molecule has 4 nitrogen and oxygen atoms in total. The van der Waals surface area contributed by atoms with Gasteiger partial charge < -0.3 is 0 Å². The summed E-state index contributed by atoms with van der Waals surface area (Å²) >= 11 is 0. The molecule has 1 aromatic carbocycles.